The molecule has 0 aliphatic heterocycles. The molecule has 1 aliphatic carbocycles. The van der Waals surface area contributed by atoms with Crippen molar-refractivity contribution in [2.45, 2.75) is 69.8 Å². The lowest BCUT2D eigenvalue weighted by Gasteiger charge is -2.17. The van der Waals surface area contributed by atoms with E-state index in [-0.39, 0.29) is 11.6 Å². The number of aryl methyl sites for hydroxylation is 3. The van der Waals surface area contributed by atoms with Gasteiger partial charge in [0.2, 0.25) is 11.8 Å². The molecule has 0 unspecified atom stereocenters. The van der Waals surface area contributed by atoms with Crippen LogP contribution in [-0.2, 0) is 12.2 Å². The predicted molar refractivity (Wildman–Crippen MR) is 104 cm³/mol. The highest BCUT2D eigenvalue weighted by atomic mass is 32.2. The SMILES string of the molecule is CCc1nnc(CSc2nc3sc(C)c(C)c3c(=O)n2C2CCCC2)o1. The summed E-state index contributed by atoms with van der Waals surface area (Å²) in [6, 6.07) is 0.246. The molecule has 0 aromatic carbocycles. The topological polar surface area (TPSA) is 73.8 Å². The minimum Gasteiger partial charge on any atom is -0.424 e. The van der Waals surface area contributed by atoms with Gasteiger partial charge in [-0.2, -0.15) is 0 Å². The molecule has 0 N–H and O–H groups in total. The quantitative estimate of drug-likeness (QED) is 0.474. The maximum absolute atomic E-state index is 13.3. The molecule has 6 nitrogen and oxygen atoms in total. The van der Waals surface area contributed by atoms with Gasteiger partial charge in [-0.3, -0.25) is 9.36 Å². The third kappa shape index (κ3) is 3.09. The fourth-order valence-corrected chi connectivity index (χ4v) is 5.46. The number of rotatable bonds is 5. The second kappa shape index (κ2) is 7.15. The first-order chi connectivity index (χ1) is 12.6. The monoisotopic (exact) mass is 390 g/mol. The Labute approximate surface area is 160 Å². The zero-order valence-electron chi connectivity index (χ0n) is 15.2. The van der Waals surface area contributed by atoms with Crippen molar-refractivity contribution >= 4 is 33.3 Å². The van der Waals surface area contributed by atoms with E-state index in [4.69, 9.17) is 9.40 Å². The highest BCUT2D eigenvalue weighted by molar-refractivity contribution is 7.98. The first-order valence-corrected chi connectivity index (χ1v) is 10.8. The smallest absolute Gasteiger partial charge is 0.263 e. The summed E-state index contributed by atoms with van der Waals surface area (Å²) < 4.78 is 7.53. The Kier molecular flexibility index (Phi) is 4.88. The first kappa shape index (κ1) is 17.7. The summed E-state index contributed by atoms with van der Waals surface area (Å²) in [5.41, 5.74) is 1.17. The average molecular weight is 391 g/mol. The van der Waals surface area contributed by atoms with Crippen molar-refractivity contribution in [3.8, 4) is 0 Å². The van der Waals surface area contributed by atoms with E-state index in [1.54, 1.807) is 11.3 Å². The zero-order valence-corrected chi connectivity index (χ0v) is 16.9. The van der Waals surface area contributed by atoms with E-state index in [2.05, 4.69) is 17.1 Å². The van der Waals surface area contributed by atoms with Crippen molar-refractivity contribution in [2.75, 3.05) is 0 Å². The Morgan fingerprint density at radius 2 is 1.96 bits per heavy atom. The summed E-state index contributed by atoms with van der Waals surface area (Å²) in [5, 5.41) is 9.65. The van der Waals surface area contributed by atoms with Crippen LogP contribution >= 0.6 is 23.1 Å². The van der Waals surface area contributed by atoms with E-state index in [1.165, 1.54) is 24.6 Å². The summed E-state index contributed by atoms with van der Waals surface area (Å²) in [6.07, 6.45) is 5.16. The molecule has 4 rings (SSSR count). The molecule has 138 valence electrons. The molecule has 0 spiro atoms. The predicted octanol–water partition coefficient (Wildman–Crippen LogP) is 4.43. The molecule has 3 heterocycles. The Morgan fingerprint density at radius 3 is 2.65 bits per heavy atom. The summed E-state index contributed by atoms with van der Waals surface area (Å²) in [4.78, 5) is 20.2. The van der Waals surface area contributed by atoms with Gasteiger partial charge in [-0.15, -0.1) is 21.5 Å². The van der Waals surface area contributed by atoms with Crippen LogP contribution in [0, 0.1) is 13.8 Å². The van der Waals surface area contributed by atoms with Gasteiger partial charge < -0.3 is 4.42 Å². The Hall–Kier alpha value is -1.67. The average Bonchev–Trinajstić information content (AvgIpc) is 3.35. The Balaban J connectivity index is 1.76. The van der Waals surface area contributed by atoms with Crippen molar-refractivity contribution in [1.29, 1.82) is 0 Å². The largest absolute Gasteiger partial charge is 0.424 e. The van der Waals surface area contributed by atoms with E-state index >= 15 is 0 Å². The van der Waals surface area contributed by atoms with Gasteiger partial charge in [0.1, 0.15) is 4.83 Å². The number of aromatic nitrogens is 4. The van der Waals surface area contributed by atoms with E-state index < -0.39 is 0 Å². The van der Waals surface area contributed by atoms with Gasteiger partial charge in [0.25, 0.3) is 5.56 Å². The fraction of sp³-hybridized carbons (Fsp3) is 0.556. The van der Waals surface area contributed by atoms with E-state index in [0.717, 1.165) is 45.1 Å². The van der Waals surface area contributed by atoms with E-state index in [9.17, 15) is 4.79 Å². The minimum atomic E-state index is 0.103. The molecule has 0 saturated heterocycles. The summed E-state index contributed by atoms with van der Waals surface area (Å²) in [5.74, 6) is 1.75. The van der Waals surface area contributed by atoms with Crippen LogP contribution in [0.1, 0.15) is 60.9 Å². The molecule has 0 atom stereocenters. The maximum Gasteiger partial charge on any atom is 0.263 e. The van der Waals surface area contributed by atoms with Crippen LogP contribution in [0.5, 0.6) is 0 Å². The van der Waals surface area contributed by atoms with E-state index in [1.807, 2.05) is 18.4 Å². The molecule has 1 aliphatic rings. The van der Waals surface area contributed by atoms with Gasteiger partial charge in [0.05, 0.1) is 11.1 Å². The normalized spacial score (nSPS) is 15.3. The van der Waals surface area contributed by atoms with Crippen molar-refractivity contribution in [3.63, 3.8) is 0 Å². The van der Waals surface area contributed by atoms with E-state index in [0.29, 0.717) is 17.5 Å². The van der Waals surface area contributed by atoms with Crippen LogP contribution in [0.3, 0.4) is 0 Å². The molecule has 1 fully saturated rings. The van der Waals surface area contributed by atoms with Gasteiger partial charge in [-0.1, -0.05) is 31.5 Å². The standard InChI is InChI=1S/C18H22N4O2S2/c1-4-13-20-21-14(24-13)9-25-18-19-16-15(10(2)11(3)26-16)17(23)22(18)12-7-5-6-8-12/h12H,4-9H2,1-3H3. The lowest BCUT2D eigenvalue weighted by atomic mass is 10.2. The van der Waals surface area contributed by atoms with Crippen LogP contribution in [0.25, 0.3) is 10.2 Å². The maximum atomic E-state index is 13.3. The molecule has 0 amide bonds. The van der Waals surface area contributed by atoms with Gasteiger partial charge in [0, 0.05) is 17.3 Å². The van der Waals surface area contributed by atoms with Crippen molar-refractivity contribution in [2.24, 2.45) is 0 Å². The molecule has 26 heavy (non-hydrogen) atoms. The molecule has 8 heteroatoms. The van der Waals surface area contributed by atoms with Gasteiger partial charge >= 0.3 is 0 Å². The van der Waals surface area contributed by atoms with Crippen LogP contribution in [0.15, 0.2) is 14.4 Å². The fourth-order valence-electron chi connectivity index (χ4n) is 3.49. The summed E-state index contributed by atoms with van der Waals surface area (Å²) in [7, 11) is 0. The first-order valence-electron chi connectivity index (χ1n) is 9.04. The molecule has 3 aromatic rings. The van der Waals surface area contributed by atoms with Crippen molar-refractivity contribution in [3.05, 3.63) is 32.6 Å². The molecule has 3 aromatic heterocycles. The number of fused-ring (bicyclic) bond motifs is 1. The van der Waals surface area contributed by atoms with Crippen LogP contribution in [-0.4, -0.2) is 19.7 Å². The highest BCUT2D eigenvalue weighted by Gasteiger charge is 2.25. The molecule has 1 saturated carbocycles. The minimum absolute atomic E-state index is 0.103. The number of thiophene rings is 1. The summed E-state index contributed by atoms with van der Waals surface area (Å²) in [6.45, 7) is 6.06. The molecular formula is C18H22N4O2S2. The number of thioether (sulfide) groups is 1. The van der Waals surface area contributed by atoms with Gasteiger partial charge in [0.15, 0.2) is 5.16 Å². The molecule has 0 radical (unpaired) electrons. The van der Waals surface area contributed by atoms with Gasteiger partial charge in [-0.05, 0) is 32.3 Å². The van der Waals surface area contributed by atoms with Gasteiger partial charge in [-0.25, -0.2) is 4.98 Å². The second-order valence-electron chi connectivity index (χ2n) is 6.70. The summed E-state index contributed by atoms with van der Waals surface area (Å²) >= 11 is 3.12. The molecular weight excluding hydrogens is 368 g/mol. The number of hydrogen-bond donors (Lipinski definition) is 0. The lowest BCUT2D eigenvalue weighted by molar-refractivity contribution is 0.455. The highest BCUT2D eigenvalue weighted by Crippen LogP contribution is 2.35. The second-order valence-corrected chi connectivity index (χ2v) is 8.85. The lowest BCUT2D eigenvalue weighted by Crippen LogP contribution is -2.26. The van der Waals surface area contributed by atoms with Crippen LogP contribution in [0.2, 0.25) is 0 Å². The van der Waals surface area contributed by atoms with Crippen LogP contribution < -0.4 is 5.56 Å². The Bertz CT molecular complexity index is 999. The zero-order chi connectivity index (χ0) is 18.3. The number of hydrogen-bond acceptors (Lipinski definition) is 7. The van der Waals surface area contributed by atoms with Crippen molar-refractivity contribution < 1.29 is 4.42 Å². The number of nitrogens with zero attached hydrogens (tertiary/aromatic N) is 4. The molecule has 0 bridgehead atoms. The van der Waals surface area contributed by atoms with Crippen LogP contribution in [0.4, 0.5) is 0 Å². The van der Waals surface area contributed by atoms with Crippen molar-refractivity contribution in [1.82, 2.24) is 19.7 Å². The third-order valence-corrected chi connectivity index (χ3v) is 7.07. The third-order valence-electron chi connectivity index (χ3n) is 5.03. The Morgan fingerprint density at radius 1 is 1.23 bits per heavy atom.